The summed E-state index contributed by atoms with van der Waals surface area (Å²) in [6.45, 7) is 6.65. The molecule has 0 radical (unpaired) electrons. The Kier molecular flexibility index (Phi) is 4.92. The molecule has 1 aromatic carbocycles. The Morgan fingerprint density at radius 2 is 1.85 bits per heavy atom. The summed E-state index contributed by atoms with van der Waals surface area (Å²) >= 11 is 0. The summed E-state index contributed by atoms with van der Waals surface area (Å²) in [6.07, 6.45) is -4.88. The molecule has 3 atom stereocenters. The number of carbonyl (C=O) groups is 1. The largest absolute Gasteiger partial charge is 0.444 e. The zero-order valence-electron chi connectivity index (χ0n) is 15.0. The Bertz CT molecular complexity index is 655. The second-order valence-corrected chi connectivity index (χ2v) is 7.70. The predicted octanol–water partition coefficient (Wildman–Crippen LogP) is 3.35. The highest BCUT2D eigenvalue weighted by atomic mass is 19.4. The molecule has 5 nitrogen and oxygen atoms in total. The fourth-order valence-corrected chi connectivity index (χ4v) is 3.20. The second kappa shape index (κ2) is 6.74. The maximum atomic E-state index is 12.7. The predicted molar refractivity (Wildman–Crippen MR) is 88.7 cm³/mol. The Labute approximate surface area is 150 Å². The lowest BCUT2D eigenvalue weighted by molar-refractivity contribution is -0.137. The third-order valence-corrected chi connectivity index (χ3v) is 4.45. The Balaban J connectivity index is 1.62. The molecule has 2 heterocycles. The van der Waals surface area contributed by atoms with E-state index in [1.165, 1.54) is 12.1 Å². The van der Waals surface area contributed by atoms with Gasteiger partial charge >= 0.3 is 12.3 Å². The van der Waals surface area contributed by atoms with Gasteiger partial charge in [0.1, 0.15) is 5.60 Å². The van der Waals surface area contributed by atoms with Gasteiger partial charge in [0, 0.05) is 6.54 Å². The molecule has 0 spiro atoms. The molecule has 2 fully saturated rings. The van der Waals surface area contributed by atoms with E-state index < -0.39 is 17.3 Å². The summed E-state index contributed by atoms with van der Waals surface area (Å²) in [5.41, 5.74) is -0.512. The van der Waals surface area contributed by atoms with Crippen LogP contribution in [0, 0.1) is 0 Å². The number of ether oxygens (including phenoxy) is 2. The van der Waals surface area contributed by atoms with Gasteiger partial charge in [-0.15, -0.1) is 0 Å². The minimum Gasteiger partial charge on any atom is -0.444 e. The summed E-state index contributed by atoms with van der Waals surface area (Å²) in [6, 6.07) is 4.78. The van der Waals surface area contributed by atoms with Gasteiger partial charge in [0.05, 0.1) is 36.9 Å². The molecular formula is C18H23F3N2O3. The fourth-order valence-electron chi connectivity index (χ4n) is 3.20. The third kappa shape index (κ3) is 4.29. The monoisotopic (exact) mass is 372 g/mol. The zero-order chi connectivity index (χ0) is 19.1. The van der Waals surface area contributed by atoms with Crippen LogP contribution in [-0.4, -0.2) is 48.4 Å². The van der Waals surface area contributed by atoms with Crippen molar-refractivity contribution in [2.24, 2.45) is 0 Å². The van der Waals surface area contributed by atoms with Crippen molar-refractivity contribution in [1.29, 1.82) is 0 Å². The molecule has 144 valence electrons. The number of rotatable bonds is 1. The number of amides is 1. The lowest BCUT2D eigenvalue weighted by Crippen LogP contribution is -2.49. The number of carbonyl (C=O) groups excluding carboxylic acids is 1. The molecule has 0 saturated carbocycles. The topological polar surface area (TPSA) is 50.8 Å². The first-order valence-electron chi connectivity index (χ1n) is 8.56. The molecule has 26 heavy (non-hydrogen) atoms. The van der Waals surface area contributed by atoms with Crippen LogP contribution in [0.5, 0.6) is 0 Å². The van der Waals surface area contributed by atoms with Crippen LogP contribution >= 0.6 is 0 Å². The second-order valence-electron chi connectivity index (χ2n) is 7.70. The van der Waals surface area contributed by atoms with Gasteiger partial charge in [0.25, 0.3) is 0 Å². The minimum absolute atomic E-state index is 0.0800. The van der Waals surface area contributed by atoms with Gasteiger partial charge in [0.15, 0.2) is 0 Å². The van der Waals surface area contributed by atoms with Crippen LogP contribution in [0.1, 0.15) is 37.9 Å². The van der Waals surface area contributed by atoms with Crippen molar-refractivity contribution in [3.05, 3.63) is 35.4 Å². The molecule has 2 aliphatic rings. The molecule has 0 bridgehead atoms. The van der Waals surface area contributed by atoms with Crippen molar-refractivity contribution >= 4 is 6.09 Å². The first-order chi connectivity index (χ1) is 12.0. The van der Waals surface area contributed by atoms with Crippen LogP contribution in [0.15, 0.2) is 24.3 Å². The highest BCUT2D eigenvalue weighted by Gasteiger charge is 2.42. The number of likely N-dealkylation sites (tertiary alicyclic amines) is 1. The van der Waals surface area contributed by atoms with Crippen molar-refractivity contribution in [2.75, 3.05) is 19.7 Å². The quantitative estimate of drug-likeness (QED) is 0.821. The number of halogens is 3. The van der Waals surface area contributed by atoms with E-state index >= 15 is 0 Å². The molecular weight excluding hydrogens is 349 g/mol. The molecule has 1 N–H and O–H groups in total. The number of fused-ring (bicyclic) bond motifs is 1. The van der Waals surface area contributed by atoms with Crippen LogP contribution in [0.2, 0.25) is 0 Å². The van der Waals surface area contributed by atoms with Gasteiger partial charge in [-0.3, -0.25) is 0 Å². The fraction of sp³-hybridized carbons (Fsp3) is 0.611. The summed E-state index contributed by atoms with van der Waals surface area (Å²) in [4.78, 5) is 13.8. The molecule has 2 aliphatic heterocycles. The van der Waals surface area contributed by atoms with Gasteiger partial charge < -0.3 is 19.7 Å². The average Bonchev–Trinajstić information content (AvgIpc) is 2.96. The highest BCUT2D eigenvalue weighted by molar-refractivity contribution is 5.68. The van der Waals surface area contributed by atoms with Crippen LogP contribution < -0.4 is 5.32 Å². The SMILES string of the molecule is CC(C)(C)OC(=O)N1C[C@@H]2N[C@H](c3ccc(C(F)(F)F)cc3)CO[C@H]2C1. The molecule has 1 aromatic rings. The molecule has 3 rings (SSSR count). The number of morpholine rings is 1. The van der Waals surface area contributed by atoms with Crippen molar-refractivity contribution in [2.45, 2.75) is 50.7 Å². The molecule has 0 aliphatic carbocycles. The molecule has 0 unspecified atom stereocenters. The third-order valence-electron chi connectivity index (χ3n) is 4.45. The average molecular weight is 372 g/mol. The van der Waals surface area contributed by atoms with Crippen LogP contribution in [-0.2, 0) is 15.7 Å². The number of hydrogen-bond donors (Lipinski definition) is 1. The first kappa shape index (κ1) is 19.0. The summed E-state index contributed by atoms with van der Waals surface area (Å²) < 4.78 is 49.3. The number of alkyl halides is 3. The minimum atomic E-state index is -4.35. The van der Waals surface area contributed by atoms with Crippen molar-refractivity contribution in [3.8, 4) is 0 Å². The van der Waals surface area contributed by atoms with Gasteiger partial charge in [-0.1, -0.05) is 12.1 Å². The van der Waals surface area contributed by atoms with E-state index in [1.807, 2.05) is 20.8 Å². The van der Waals surface area contributed by atoms with E-state index in [9.17, 15) is 18.0 Å². The Morgan fingerprint density at radius 3 is 2.42 bits per heavy atom. The molecule has 0 aromatic heterocycles. The number of benzene rings is 1. The van der Waals surface area contributed by atoms with Crippen LogP contribution in [0.3, 0.4) is 0 Å². The lowest BCUT2D eigenvalue weighted by Gasteiger charge is -2.33. The molecule has 8 heteroatoms. The van der Waals surface area contributed by atoms with Gasteiger partial charge in [0.2, 0.25) is 0 Å². The number of hydrogen-bond acceptors (Lipinski definition) is 4. The van der Waals surface area contributed by atoms with E-state index in [0.717, 1.165) is 17.7 Å². The van der Waals surface area contributed by atoms with E-state index in [1.54, 1.807) is 4.90 Å². The van der Waals surface area contributed by atoms with Crippen molar-refractivity contribution < 1.29 is 27.4 Å². The molecule has 1 amide bonds. The normalized spacial score (nSPS) is 26.5. The van der Waals surface area contributed by atoms with Crippen LogP contribution in [0.25, 0.3) is 0 Å². The van der Waals surface area contributed by atoms with Crippen molar-refractivity contribution in [1.82, 2.24) is 10.2 Å². The van der Waals surface area contributed by atoms with E-state index in [-0.39, 0.29) is 24.3 Å². The van der Waals surface area contributed by atoms with Gasteiger partial charge in [-0.2, -0.15) is 13.2 Å². The van der Waals surface area contributed by atoms with Gasteiger partial charge in [-0.05, 0) is 38.5 Å². The zero-order valence-corrected chi connectivity index (χ0v) is 15.0. The summed E-state index contributed by atoms with van der Waals surface area (Å²) in [7, 11) is 0. The Hall–Kier alpha value is -1.80. The Morgan fingerprint density at radius 1 is 1.19 bits per heavy atom. The molecule has 2 saturated heterocycles. The van der Waals surface area contributed by atoms with Gasteiger partial charge in [-0.25, -0.2) is 4.79 Å². The smallest absolute Gasteiger partial charge is 0.416 e. The number of nitrogens with one attached hydrogen (secondary N) is 1. The van der Waals surface area contributed by atoms with Crippen molar-refractivity contribution in [3.63, 3.8) is 0 Å². The number of nitrogens with zero attached hydrogens (tertiary/aromatic N) is 1. The summed E-state index contributed by atoms with van der Waals surface area (Å²) in [5, 5.41) is 3.38. The highest BCUT2D eigenvalue weighted by Crippen LogP contribution is 2.31. The van der Waals surface area contributed by atoms with E-state index in [4.69, 9.17) is 9.47 Å². The maximum absolute atomic E-state index is 12.7. The summed E-state index contributed by atoms with van der Waals surface area (Å²) in [5.74, 6) is 0. The lowest BCUT2D eigenvalue weighted by atomic mass is 10.0. The van der Waals surface area contributed by atoms with E-state index in [2.05, 4.69) is 5.32 Å². The first-order valence-corrected chi connectivity index (χ1v) is 8.56. The van der Waals surface area contributed by atoms with E-state index in [0.29, 0.717) is 19.7 Å². The van der Waals surface area contributed by atoms with Crippen LogP contribution in [0.4, 0.5) is 18.0 Å². The maximum Gasteiger partial charge on any atom is 0.416 e. The standard InChI is InChI=1S/C18H23F3N2O3/c1-17(2,3)26-16(24)23-8-13-15(9-23)25-10-14(22-13)11-4-6-12(7-5-11)18(19,20)21/h4-7,13-15,22H,8-10H2,1-3H3/t13-,14-,15-/m0/s1.